The van der Waals surface area contributed by atoms with E-state index in [2.05, 4.69) is 136 Å². The maximum atomic E-state index is 12.2. The van der Waals surface area contributed by atoms with Gasteiger partial charge in [0, 0.05) is 50.0 Å². The molecule has 20 atom stereocenters. The molecule has 5 fully saturated rings. The Morgan fingerprint density at radius 3 is 1.03 bits per heavy atom. The number of aliphatic hydroxyl groups excluding tert-OH is 10. The zero-order valence-electron chi connectivity index (χ0n) is 71.3. The van der Waals surface area contributed by atoms with E-state index in [1.165, 1.54) is 55.5 Å². The first kappa shape index (κ1) is 103. The number of hydrogen-bond acceptors (Lipinski definition) is 25. The van der Waals surface area contributed by atoms with E-state index in [1.54, 1.807) is 13.0 Å². The van der Waals surface area contributed by atoms with Crippen molar-refractivity contribution in [2.24, 2.45) is 0 Å². The number of nitrogens with one attached hydrogen (secondary N) is 5. The zero-order chi connectivity index (χ0) is 90.3. The van der Waals surface area contributed by atoms with Crippen molar-refractivity contribution in [1.82, 2.24) is 47.8 Å². The minimum absolute atomic E-state index is 0.120. The molecule has 0 aliphatic carbocycles. The Bertz CT molecular complexity index is 5080. The van der Waals surface area contributed by atoms with Crippen LogP contribution < -0.4 is 60.9 Å². The second-order valence-electron chi connectivity index (χ2n) is 34.6. The summed E-state index contributed by atoms with van der Waals surface area (Å²) in [5.41, 5.74) is -4.83. The van der Waals surface area contributed by atoms with Crippen molar-refractivity contribution in [2.75, 3.05) is 97.5 Å². The number of ether oxygens (including phenoxy) is 5. The van der Waals surface area contributed by atoms with Gasteiger partial charge in [0.2, 0.25) is 12.6 Å². The highest BCUT2D eigenvalue weighted by atomic mass is 31.2. The standard InChI is InChI=1S/C17H27N2O5P.C16H27N2O5P.C16H25N2O5P.C15H26N3O5P.C15H25N2O5P/c1-5-6-8-19-10-11(16(22)18-17(19)23)15-14(21)13(20)12(24-15)7-9-25(2,3)4;2*1-5-7-18-9-10(15(21)17-16(18)22)14-13(20)12(19)11(23-14)6-8-24(2,3)4;1-5-7-17-9-18(15(22)16-14(17)21)13-12(20)11(19)10(23-13)6-8-24(2,3)4;1-5-9-8-17(15(21)16-13(9)20)14-12(19)11(18)10(22-14)6-7-23(2,3)4/h5,10,12-15,20-21H,1-2,6-9H2,3-4H3,(H,18,22,23);9,11-14,19-20H,2,5-8H2,1,3-4H3,(H,17,21,22);5,9,11-14,19-20H,1-2,6-8H2,3-4H3,(H,17,21,22);9-13,19-20H,2,5-8H2,1,3-4H3;8,10-12,14,18-19H,2,5-7H2,1,3-4H3,(H,16,20,21)/p+1/t12-,13-,14-,15+;2*11-,12-,13-,14+;10-,11-,12-,13-;10-,11-,12-,14-/m11111/s1. The SMILES string of the molecule is C=CCCn1cc([C@@H]2O[C@H](CCP(=C)(C)C)[C@@H](O)[C@H]2O)c(=O)[nH]c1=O.C=CCn1cc([C@@H]2O[C@H](CCP(=C)(C)C)[C@@H](O)[C@H]2O)c(=O)[nH]c1=O.C=P(C)(C)CC[C@H]1O[C@@H](c2cn(CCC)c(=O)[nH]c2=O)[C@H](O)[C@@H]1O.C=P(C)(C)CC[C@H]1O[C@@H](n2c[n+](CCC)c(=O)[nH]c2=O)[C@H](O)[C@@H]1O.C=P(C)(C)CC[C@H]1O[C@@H](n2cc(CC)c(=O)[nH]c2=O)[C@H](O)[C@@H]1O. The molecule has 0 aromatic carbocycles. The van der Waals surface area contributed by atoms with Gasteiger partial charge in [-0.2, -0.15) is 9.55 Å². The quantitative estimate of drug-likeness (QED) is 0.0154. The highest BCUT2D eigenvalue weighted by molar-refractivity contribution is 7.73. The fourth-order valence-corrected chi connectivity index (χ4v) is 18.6. The summed E-state index contributed by atoms with van der Waals surface area (Å²) in [4.78, 5) is 130. The number of aromatic amines is 5. The summed E-state index contributed by atoms with van der Waals surface area (Å²) in [5.74, 6) is 0. The van der Waals surface area contributed by atoms with Gasteiger partial charge in [-0.3, -0.25) is 52.8 Å². The van der Waals surface area contributed by atoms with Crippen LogP contribution in [0.3, 0.4) is 0 Å². The third kappa shape index (κ3) is 28.6. The second-order valence-corrected chi connectivity index (χ2v) is 56.2. The third-order valence-electron chi connectivity index (χ3n) is 20.7. The lowest BCUT2D eigenvalue weighted by Gasteiger charge is -2.19. The molecule has 0 bridgehead atoms. The molecule has 5 saturated heterocycles. The topological polar surface area (TPSA) is 527 Å². The van der Waals surface area contributed by atoms with E-state index in [4.69, 9.17) is 23.7 Å². The lowest BCUT2D eigenvalue weighted by Crippen LogP contribution is -2.57. The van der Waals surface area contributed by atoms with E-state index in [0.717, 1.165) is 46.4 Å². The molecular weight excluding hydrogens is 1660 g/mol. The van der Waals surface area contributed by atoms with E-state index in [-0.39, 0.29) is 23.2 Å². The third-order valence-corrected chi connectivity index (χ3v) is 28.0. The number of aryl methyl sites for hydroxylation is 4. The average Bonchev–Trinajstić information content (AvgIpc) is 1.68. The molecule has 5 aliphatic heterocycles. The average molecular weight is 1790 g/mol. The first-order valence-electron chi connectivity index (χ1n) is 40.0. The summed E-state index contributed by atoms with van der Waals surface area (Å²) >= 11 is 0. The van der Waals surface area contributed by atoms with Crippen molar-refractivity contribution in [3.8, 4) is 0 Å². The molecule has 5 aromatic heterocycles. The van der Waals surface area contributed by atoms with E-state index in [1.807, 2.05) is 13.8 Å². The Balaban J connectivity index is 0.000000233. The Labute approximate surface area is 697 Å². The van der Waals surface area contributed by atoms with Gasteiger partial charge in [-0.1, -0.05) is 32.9 Å². The van der Waals surface area contributed by atoms with Gasteiger partial charge in [0.15, 0.2) is 6.23 Å². The fraction of sp³-hybridized carbons (Fsp3) is 0.646. The molecule has 36 nitrogen and oxygen atoms in total. The van der Waals surface area contributed by atoms with Gasteiger partial charge >= 0.3 is 34.1 Å². The molecule has 0 amide bonds. The van der Waals surface area contributed by atoms with E-state index in [9.17, 15) is 99.0 Å². The molecule has 0 saturated carbocycles. The summed E-state index contributed by atoms with van der Waals surface area (Å²) in [5, 5.41) is 103. The van der Waals surface area contributed by atoms with Crippen LogP contribution in [0.5, 0.6) is 0 Å². The molecule has 10 heterocycles. The van der Waals surface area contributed by atoms with Crippen LogP contribution in [0.25, 0.3) is 0 Å². The number of aromatic nitrogens is 11. The van der Waals surface area contributed by atoms with Crippen LogP contribution in [-0.4, -0.2) is 319 Å². The van der Waals surface area contributed by atoms with Crippen LogP contribution in [0.4, 0.5) is 0 Å². The van der Waals surface area contributed by atoms with Crippen LogP contribution in [-0.2, 0) is 56.3 Å². The summed E-state index contributed by atoms with van der Waals surface area (Å²) in [6.07, 6.45) is 20.9. The van der Waals surface area contributed by atoms with Gasteiger partial charge in [-0.15, -0.1) is 79.1 Å². The molecule has 120 heavy (non-hydrogen) atoms. The number of hydrogen-bond donors (Lipinski definition) is 15. The molecule has 15 N–H and O–H groups in total. The Kier molecular flexibility index (Phi) is 37.6. The van der Waals surface area contributed by atoms with Crippen LogP contribution in [0, 0.1) is 0 Å². The molecule has 5 aromatic rings. The van der Waals surface area contributed by atoms with E-state index in [0.29, 0.717) is 76.6 Å². The molecule has 0 spiro atoms. The predicted octanol–water partition coefficient (Wildman–Crippen LogP) is -0.665. The van der Waals surface area contributed by atoms with E-state index >= 15 is 0 Å². The summed E-state index contributed by atoms with van der Waals surface area (Å²) < 4.78 is 36.4. The predicted molar refractivity (Wildman–Crippen MR) is 479 cm³/mol. The molecule has 41 heteroatoms. The van der Waals surface area contributed by atoms with Crippen molar-refractivity contribution in [1.29, 1.82) is 0 Å². The van der Waals surface area contributed by atoms with Crippen molar-refractivity contribution in [3.63, 3.8) is 0 Å². The van der Waals surface area contributed by atoms with Crippen molar-refractivity contribution in [3.05, 3.63) is 183 Å². The number of aliphatic hydroxyl groups is 10. The normalized spacial score (nSPS) is 27.5. The first-order valence-corrected chi connectivity index (χ1v) is 55.2. The monoisotopic (exact) mass is 1790 g/mol. The van der Waals surface area contributed by atoms with Gasteiger partial charge in [-0.25, -0.2) is 33.3 Å². The lowest BCUT2D eigenvalue weighted by atomic mass is 10.0. The number of H-pyrrole nitrogens is 5. The zero-order valence-corrected chi connectivity index (χ0v) is 75.8. The molecule has 676 valence electrons. The van der Waals surface area contributed by atoms with Crippen molar-refractivity contribution in [2.45, 2.75) is 227 Å². The van der Waals surface area contributed by atoms with Crippen molar-refractivity contribution >= 4 is 65.9 Å². The Morgan fingerprint density at radius 1 is 0.383 bits per heavy atom. The number of allylic oxidation sites excluding steroid dienone is 2. The summed E-state index contributed by atoms with van der Waals surface area (Å²) in [6.45, 7) is 28.7. The smallest absolute Gasteiger partial charge is 0.388 e. The number of rotatable bonds is 30. The van der Waals surface area contributed by atoms with Crippen LogP contribution in [0.15, 0.2) is 104 Å². The second kappa shape index (κ2) is 44.0. The van der Waals surface area contributed by atoms with Crippen molar-refractivity contribution < 1.29 is 79.3 Å². The Hall–Kier alpha value is -6.29. The highest BCUT2D eigenvalue weighted by Gasteiger charge is 2.50. The first-order chi connectivity index (χ1) is 55.7. The molecule has 5 aliphatic rings. The molecule has 0 unspecified atom stereocenters. The van der Waals surface area contributed by atoms with Gasteiger partial charge in [0.05, 0.1) is 53.8 Å². The maximum absolute atomic E-state index is 12.2. The van der Waals surface area contributed by atoms with Gasteiger partial charge in [-0.05, 0) is 155 Å². The van der Waals surface area contributed by atoms with Gasteiger partial charge in [0.25, 0.3) is 22.2 Å². The number of nitrogens with zero attached hydrogens (tertiary/aromatic N) is 6. The van der Waals surface area contributed by atoms with Crippen LogP contribution in [0.1, 0.15) is 125 Å². The largest absolute Gasteiger partial charge is 0.448 e. The van der Waals surface area contributed by atoms with Gasteiger partial charge in [0.1, 0.15) is 79.4 Å². The molecular formula is C79H131N11O25P5+. The summed E-state index contributed by atoms with van der Waals surface area (Å²) in [6, 6.07) is 0. The highest BCUT2D eigenvalue weighted by Crippen LogP contribution is 2.45. The lowest BCUT2D eigenvalue weighted by molar-refractivity contribution is -0.719. The Morgan fingerprint density at radius 2 is 0.700 bits per heavy atom. The van der Waals surface area contributed by atoms with Crippen LogP contribution in [0.2, 0.25) is 0 Å². The maximum Gasteiger partial charge on any atom is 0.448 e. The van der Waals surface area contributed by atoms with Gasteiger partial charge < -0.3 is 79.3 Å². The minimum atomic E-state index is -1.29. The molecule has 10 rings (SSSR count). The van der Waals surface area contributed by atoms with E-state index < -0.39 is 213 Å². The molecule has 0 radical (unpaired) electrons. The fourth-order valence-electron chi connectivity index (χ4n) is 13.8. The van der Waals surface area contributed by atoms with Crippen LogP contribution >= 0.6 is 34.4 Å². The summed E-state index contributed by atoms with van der Waals surface area (Å²) in [7, 11) is 0. The minimum Gasteiger partial charge on any atom is -0.388 e.